The highest BCUT2D eigenvalue weighted by atomic mass is 16.5. The minimum absolute atomic E-state index is 0.173. The fourth-order valence-electron chi connectivity index (χ4n) is 2.69. The van der Waals surface area contributed by atoms with Crippen molar-refractivity contribution in [1.29, 1.82) is 0 Å². The van der Waals surface area contributed by atoms with Crippen molar-refractivity contribution in [3.8, 4) is 0 Å². The molecule has 3 unspecified atom stereocenters. The zero-order valence-corrected chi connectivity index (χ0v) is 14.6. The summed E-state index contributed by atoms with van der Waals surface area (Å²) < 4.78 is 5.84. The first-order chi connectivity index (χ1) is 11.1. The number of amides is 1. The topological polar surface area (TPSA) is 58.6 Å². The molecule has 0 heterocycles. The van der Waals surface area contributed by atoms with Crippen molar-refractivity contribution >= 4 is 6.41 Å². The first-order valence-corrected chi connectivity index (χ1v) is 8.57. The highest BCUT2D eigenvalue weighted by molar-refractivity contribution is 5.46. The van der Waals surface area contributed by atoms with Gasteiger partial charge < -0.3 is 15.2 Å². The van der Waals surface area contributed by atoms with Gasteiger partial charge in [-0.25, -0.2) is 0 Å². The molecule has 0 saturated heterocycles. The number of nitrogens with one attached hydrogen (secondary N) is 1. The van der Waals surface area contributed by atoms with Gasteiger partial charge in [0, 0.05) is 0 Å². The third-order valence-corrected chi connectivity index (χ3v) is 4.28. The van der Waals surface area contributed by atoms with Crippen molar-refractivity contribution in [2.24, 2.45) is 11.8 Å². The number of ether oxygens (including phenoxy) is 1. The summed E-state index contributed by atoms with van der Waals surface area (Å²) in [5.41, 5.74) is 1.15. The molecule has 3 atom stereocenters. The minimum Gasteiger partial charge on any atom is -0.391 e. The van der Waals surface area contributed by atoms with Crippen LogP contribution in [0.3, 0.4) is 0 Å². The Morgan fingerprint density at radius 1 is 1.26 bits per heavy atom. The van der Waals surface area contributed by atoms with Gasteiger partial charge in [-0.2, -0.15) is 0 Å². The van der Waals surface area contributed by atoms with Crippen LogP contribution in [0.4, 0.5) is 0 Å². The maximum atomic E-state index is 10.7. The zero-order valence-electron chi connectivity index (χ0n) is 14.6. The number of hydrogen-bond acceptors (Lipinski definition) is 3. The van der Waals surface area contributed by atoms with Crippen LogP contribution in [0.15, 0.2) is 30.3 Å². The summed E-state index contributed by atoms with van der Waals surface area (Å²) in [6.45, 7) is 7.54. The molecule has 2 N–H and O–H groups in total. The minimum atomic E-state index is -0.534. The Hall–Kier alpha value is -1.39. The Balaban J connectivity index is 2.48. The highest BCUT2D eigenvalue weighted by Gasteiger charge is 2.24. The third kappa shape index (κ3) is 7.62. The lowest BCUT2D eigenvalue weighted by atomic mass is 9.88. The van der Waals surface area contributed by atoms with E-state index >= 15 is 0 Å². The maximum Gasteiger partial charge on any atom is 0.207 e. The number of carbonyl (C=O) groups is 1. The van der Waals surface area contributed by atoms with Gasteiger partial charge in [0.2, 0.25) is 6.41 Å². The van der Waals surface area contributed by atoms with Crippen molar-refractivity contribution in [3.05, 3.63) is 35.9 Å². The predicted octanol–water partition coefficient (Wildman–Crippen LogP) is 3.14. The second kappa shape index (κ2) is 11.2. The van der Waals surface area contributed by atoms with Gasteiger partial charge in [-0.3, -0.25) is 4.79 Å². The summed E-state index contributed by atoms with van der Waals surface area (Å²) >= 11 is 0. The number of aliphatic hydroxyl groups excluding tert-OH is 1. The lowest BCUT2D eigenvalue weighted by Gasteiger charge is -2.28. The predicted molar refractivity (Wildman–Crippen MR) is 92.9 cm³/mol. The molecule has 0 fully saturated rings. The summed E-state index contributed by atoms with van der Waals surface area (Å²) in [6, 6.07) is 9.92. The summed E-state index contributed by atoms with van der Waals surface area (Å²) in [7, 11) is 0. The molecule has 0 aliphatic heterocycles. The van der Waals surface area contributed by atoms with E-state index in [2.05, 4.69) is 26.1 Å². The molecule has 130 valence electrons. The van der Waals surface area contributed by atoms with Gasteiger partial charge in [-0.05, 0) is 30.2 Å². The van der Waals surface area contributed by atoms with Crippen LogP contribution in [0.25, 0.3) is 0 Å². The van der Waals surface area contributed by atoms with E-state index in [-0.39, 0.29) is 12.0 Å². The van der Waals surface area contributed by atoms with Gasteiger partial charge in [0.05, 0.1) is 25.4 Å². The van der Waals surface area contributed by atoms with Crippen LogP contribution in [0.2, 0.25) is 0 Å². The van der Waals surface area contributed by atoms with Crippen molar-refractivity contribution in [1.82, 2.24) is 5.32 Å². The van der Waals surface area contributed by atoms with Gasteiger partial charge in [0.1, 0.15) is 0 Å². The van der Waals surface area contributed by atoms with E-state index in [0.29, 0.717) is 32.0 Å². The molecule has 23 heavy (non-hydrogen) atoms. The molecule has 0 aliphatic carbocycles. The summed E-state index contributed by atoms with van der Waals surface area (Å²) in [4.78, 5) is 10.7. The quantitative estimate of drug-likeness (QED) is 0.582. The largest absolute Gasteiger partial charge is 0.391 e. The van der Waals surface area contributed by atoms with Crippen molar-refractivity contribution in [3.63, 3.8) is 0 Å². The zero-order chi connectivity index (χ0) is 17.1. The molecule has 4 nitrogen and oxygen atoms in total. The van der Waals surface area contributed by atoms with E-state index in [1.54, 1.807) is 0 Å². The third-order valence-electron chi connectivity index (χ3n) is 4.28. The SMILES string of the molecule is CCCC(NC=O)C(O)CC(COCc1ccccc1)C(C)C. The number of benzene rings is 1. The molecule has 4 heteroatoms. The maximum absolute atomic E-state index is 10.7. The normalized spacial score (nSPS) is 15.2. The molecule has 0 saturated carbocycles. The van der Waals surface area contributed by atoms with Crippen LogP contribution in [0, 0.1) is 11.8 Å². The molecule has 1 aromatic rings. The van der Waals surface area contributed by atoms with Gasteiger partial charge in [-0.1, -0.05) is 57.5 Å². The summed E-state index contributed by atoms with van der Waals surface area (Å²) in [5.74, 6) is 0.681. The molecular weight excluding hydrogens is 290 g/mol. The standard InChI is InChI=1S/C19H31NO3/c1-4-8-18(20-14-21)19(22)11-17(15(2)3)13-23-12-16-9-6-5-7-10-16/h5-7,9-10,14-15,17-19,22H,4,8,11-13H2,1-3H3,(H,20,21). The van der Waals surface area contributed by atoms with Crippen LogP contribution in [0.5, 0.6) is 0 Å². The molecule has 0 spiro atoms. The van der Waals surface area contributed by atoms with Crippen molar-refractivity contribution in [2.45, 2.75) is 58.8 Å². The van der Waals surface area contributed by atoms with Gasteiger partial charge in [0.15, 0.2) is 0 Å². The average molecular weight is 321 g/mol. The van der Waals surface area contributed by atoms with Crippen LogP contribution < -0.4 is 5.32 Å². The molecule has 0 radical (unpaired) electrons. The second-order valence-corrected chi connectivity index (χ2v) is 6.49. The fourth-order valence-corrected chi connectivity index (χ4v) is 2.69. The van der Waals surface area contributed by atoms with E-state index in [1.165, 1.54) is 0 Å². The van der Waals surface area contributed by atoms with E-state index in [4.69, 9.17) is 4.74 Å². The van der Waals surface area contributed by atoms with Crippen LogP contribution >= 0.6 is 0 Å². The smallest absolute Gasteiger partial charge is 0.207 e. The van der Waals surface area contributed by atoms with E-state index < -0.39 is 6.10 Å². The van der Waals surface area contributed by atoms with Gasteiger partial charge in [-0.15, -0.1) is 0 Å². The molecule has 1 amide bonds. The molecule has 0 aliphatic rings. The van der Waals surface area contributed by atoms with Crippen LogP contribution in [-0.4, -0.2) is 30.3 Å². The number of rotatable bonds is 12. The fraction of sp³-hybridized carbons (Fsp3) is 0.632. The van der Waals surface area contributed by atoms with E-state index in [9.17, 15) is 9.90 Å². The number of carbonyl (C=O) groups excluding carboxylic acids is 1. The second-order valence-electron chi connectivity index (χ2n) is 6.49. The Morgan fingerprint density at radius 3 is 2.52 bits per heavy atom. The Kier molecular flexibility index (Phi) is 9.57. The lowest BCUT2D eigenvalue weighted by molar-refractivity contribution is -0.111. The summed E-state index contributed by atoms with van der Waals surface area (Å²) in [6.07, 6.45) is 2.50. The van der Waals surface area contributed by atoms with Crippen LogP contribution in [0.1, 0.15) is 45.6 Å². The Morgan fingerprint density at radius 2 is 1.96 bits per heavy atom. The van der Waals surface area contributed by atoms with E-state index in [1.807, 2.05) is 30.3 Å². The van der Waals surface area contributed by atoms with Crippen molar-refractivity contribution in [2.75, 3.05) is 6.61 Å². The molecule has 0 bridgehead atoms. The highest BCUT2D eigenvalue weighted by Crippen LogP contribution is 2.21. The van der Waals surface area contributed by atoms with E-state index in [0.717, 1.165) is 18.4 Å². The number of aliphatic hydroxyl groups is 1. The van der Waals surface area contributed by atoms with Gasteiger partial charge in [0.25, 0.3) is 0 Å². The molecular formula is C19H31NO3. The van der Waals surface area contributed by atoms with Gasteiger partial charge >= 0.3 is 0 Å². The monoisotopic (exact) mass is 321 g/mol. The molecule has 1 aromatic carbocycles. The first kappa shape index (κ1) is 19.7. The van der Waals surface area contributed by atoms with Crippen molar-refractivity contribution < 1.29 is 14.6 Å². The molecule has 1 rings (SSSR count). The Bertz CT molecular complexity index is 422. The number of hydrogen-bond donors (Lipinski definition) is 2. The lowest BCUT2D eigenvalue weighted by Crippen LogP contribution is -2.41. The average Bonchev–Trinajstić information content (AvgIpc) is 2.54. The van der Waals surface area contributed by atoms with Crippen LogP contribution in [-0.2, 0) is 16.1 Å². The first-order valence-electron chi connectivity index (χ1n) is 8.57. The summed E-state index contributed by atoms with van der Waals surface area (Å²) in [5, 5.41) is 13.2. The Labute approximate surface area is 140 Å². The molecule has 0 aromatic heterocycles.